The van der Waals surface area contributed by atoms with E-state index in [0.717, 1.165) is 22.5 Å². The van der Waals surface area contributed by atoms with Crippen LogP contribution in [0.2, 0.25) is 0 Å². The molecule has 6 rings (SSSR count). The summed E-state index contributed by atoms with van der Waals surface area (Å²) in [4.78, 5) is 8.91. The molecule has 40 heavy (non-hydrogen) atoms. The van der Waals surface area contributed by atoms with Gasteiger partial charge in [-0.1, -0.05) is 85.8 Å². The standard InChI is InChI=1S/C25H20N.C12H10N.Ir/c1-19(20-9-4-2-5-10-20)22-15-16-26-25(18-22)24-14-8-13-23(17-24)21-11-6-3-7-12-21;1-10-7-8-12(13-9-10)11-5-3-2-4-6-11;/h2-13,15-19H,1H3;2-5,7-9H,1H3;/q2*-1;. The van der Waals surface area contributed by atoms with E-state index in [2.05, 4.69) is 114 Å². The maximum atomic E-state index is 4.59. The van der Waals surface area contributed by atoms with E-state index >= 15 is 0 Å². The van der Waals surface area contributed by atoms with Gasteiger partial charge in [-0.15, -0.1) is 71.3 Å². The van der Waals surface area contributed by atoms with Gasteiger partial charge in [-0.25, -0.2) is 0 Å². The van der Waals surface area contributed by atoms with E-state index in [4.69, 9.17) is 0 Å². The summed E-state index contributed by atoms with van der Waals surface area (Å²) in [7, 11) is 0. The fraction of sp³-hybridized carbons (Fsp3) is 0.0811. The Hall–Kier alpha value is -4.17. The number of pyridine rings is 2. The van der Waals surface area contributed by atoms with Crippen molar-refractivity contribution in [1.29, 1.82) is 0 Å². The van der Waals surface area contributed by atoms with Crippen LogP contribution in [0.25, 0.3) is 33.6 Å². The second-order valence-corrected chi connectivity index (χ2v) is 9.46. The molecular formula is C37H30IrN2-2. The Labute approximate surface area is 251 Å². The number of rotatable bonds is 5. The van der Waals surface area contributed by atoms with Crippen molar-refractivity contribution in [3.63, 3.8) is 0 Å². The van der Waals surface area contributed by atoms with Gasteiger partial charge < -0.3 is 9.97 Å². The number of nitrogens with zero attached hydrogens (tertiary/aromatic N) is 2. The fourth-order valence-electron chi connectivity index (χ4n) is 4.40. The van der Waals surface area contributed by atoms with Gasteiger partial charge in [-0.05, 0) is 46.6 Å². The number of benzene rings is 4. The van der Waals surface area contributed by atoms with Crippen molar-refractivity contribution < 1.29 is 20.1 Å². The van der Waals surface area contributed by atoms with Gasteiger partial charge in [-0.2, -0.15) is 0 Å². The first-order valence-corrected chi connectivity index (χ1v) is 13.2. The Morgan fingerprint density at radius 1 is 0.575 bits per heavy atom. The molecule has 1 radical (unpaired) electrons. The van der Waals surface area contributed by atoms with E-state index in [1.165, 1.54) is 27.8 Å². The summed E-state index contributed by atoms with van der Waals surface area (Å²) in [5.41, 5.74) is 10.1. The van der Waals surface area contributed by atoms with Gasteiger partial charge in [0.2, 0.25) is 0 Å². The van der Waals surface area contributed by atoms with Gasteiger partial charge in [0, 0.05) is 38.4 Å². The molecule has 0 fully saturated rings. The number of hydrogen-bond donors (Lipinski definition) is 0. The molecule has 3 heteroatoms. The van der Waals surface area contributed by atoms with E-state index in [0.29, 0.717) is 5.92 Å². The normalized spacial score (nSPS) is 10.9. The molecule has 0 bridgehead atoms. The molecule has 2 nitrogen and oxygen atoms in total. The van der Waals surface area contributed by atoms with Crippen LogP contribution in [0, 0.1) is 19.1 Å². The fourth-order valence-corrected chi connectivity index (χ4v) is 4.40. The molecule has 6 aromatic rings. The summed E-state index contributed by atoms with van der Waals surface area (Å²) in [5, 5.41) is 0. The summed E-state index contributed by atoms with van der Waals surface area (Å²) in [5.74, 6) is 0.329. The zero-order chi connectivity index (χ0) is 26.9. The van der Waals surface area contributed by atoms with Crippen molar-refractivity contribution in [3.8, 4) is 33.6 Å². The van der Waals surface area contributed by atoms with Gasteiger partial charge in [0.1, 0.15) is 0 Å². The van der Waals surface area contributed by atoms with E-state index < -0.39 is 0 Å². The molecule has 4 aromatic carbocycles. The molecule has 0 N–H and O–H groups in total. The molecule has 0 aliphatic carbocycles. The van der Waals surface area contributed by atoms with Crippen LogP contribution in [0.1, 0.15) is 29.5 Å². The van der Waals surface area contributed by atoms with Crippen molar-refractivity contribution in [2.75, 3.05) is 0 Å². The minimum atomic E-state index is 0. The Kier molecular flexibility index (Phi) is 10.3. The smallest absolute Gasteiger partial charge is 0.0190 e. The zero-order valence-electron chi connectivity index (χ0n) is 22.6. The van der Waals surface area contributed by atoms with E-state index in [9.17, 15) is 0 Å². The van der Waals surface area contributed by atoms with Crippen molar-refractivity contribution in [1.82, 2.24) is 9.97 Å². The summed E-state index contributed by atoms with van der Waals surface area (Å²) >= 11 is 0. The molecule has 2 heterocycles. The molecule has 2 aromatic heterocycles. The van der Waals surface area contributed by atoms with Crippen LogP contribution in [-0.4, -0.2) is 9.97 Å². The molecule has 0 saturated carbocycles. The molecule has 0 spiro atoms. The first kappa shape index (κ1) is 28.8. The van der Waals surface area contributed by atoms with Crippen molar-refractivity contribution >= 4 is 0 Å². The Balaban J connectivity index is 0.000000223. The van der Waals surface area contributed by atoms with Crippen LogP contribution in [0.3, 0.4) is 0 Å². The third-order valence-electron chi connectivity index (χ3n) is 6.66. The van der Waals surface area contributed by atoms with Crippen LogP contribution in [0.5, 0.6) is 0 Å². The van der Waals surface area contributed by atoms with Crippen molar-refractivity contribution in [3.05, 3.63) is 169 Å². The topological polar surface area (TPSA) is 25.8 Å². The van der Waals surface area contributed by atoms with Crippen LogP contribution >= 0.6 is 0 Å². The monoisotopic (exact) mass is 695 g/mol. The first-order chi connectivity index (χ1) is 19.2. The van der Waals surface area contributed by atoms with Crippen LogP contribution in [-0.2, 0) is 20.1 Å². The molecule has 1 unspecified atom stereocenters. The maximum absolute atomic E-state index is 4.59. The molecule has 0 aliphatic heterocycles. The first-order valence-electron chi connectivity index (χ1n) is 13.2. The Morgan fingerprint density at radius 2 is 1.30 bits per heavy atom. The van der Waals surface area contributed by atoms with E-state index in [1.807, 2.05) is 61.8 Å². The average molecular weight is 695 g/mol. The molecule has 1 atom stereocenters. The second-order valence-electron chi connectivity index (χ2n) is 9.46. The van der Waals surface area contributed by atoms with Crippen LogP contribution < -0.4 is 0 Å². The molecule has 0 aliphatic rings. The zero-order valence-corrected chi connectivity index (χ0v) is 25.0. The summed E-state index contributed by atoms with van der Waals surface area (Å²) in [6.45, 7) is 4.27. The third-order valence-corrected chi connectivity index (χ3v) is 6.66. The largest absolute Gasteiger partial charge is 0.305 e. The third kappa shape index (κ3) is 7.48. The molecule has 0 saturated heterocycles. The Bertz CT molecular complexity index is 1600. The summed E-state index contributed by atoms with van der Waals surface area (Å²) in [6, 6.07) is 49.9. The van der Waals surface area contributed by atoms with Gasteiger partial charge in [0.25, 0.3) is 0 Å². The SMILES string of the molecule is CC(c1ccccc1)c1ccnc(-c2[c-]ccc(-c3ccccc3)c2)c1.Cc1ccc(-c2[c-]cccc2)nc1.[Ir]. The van der Waals surface area contributed by atoms with Crippen molar-refractivity contribution in [2.24, 2.45) is 0 Å². The predicted octanol–water partition coefficient (Wildman–Crippen LogP) is 9.22. The van der Waals surface area contributed by atoms with Gasteiger partial charge in [0.15, 0.2) is 0 Å². The summed E-state index contributed by atoms with van der Waals surface area (Å²) in [6.07, 6.45) is 3.77. The minimum Gasteiger partial charge on any atom is -0.305 e. The molecule has 199 valence electrons. The Morgan fingerprint density at radius 3 is 2.00 bits per heavy atom. The second kappa shape index (κ2) is 14.3. The van der Waals surface area contributed by atoms with Gasteiger partial charge >= 0.3 is 0 Å². The number of aryl methyl sites for hydroxylation is 1. The van der Waals surface area contributed by atoms with Crippen molar-refractivity contribution in [2.45, 2.75) is 19.8 Å². The predicted molar refractivity (Wildman–Crippen MR) is 161 cm³/mol. The number of aromatic nitrogens is 2. The summed E-state index contributed by atoms with van der Waals surface area (Å²) < 4.78 is 0. The number of hydrogen-bond acceptors (Lipinski definition) is 2. The average Bonchev–Trinajstić information content (AvgIpc) is 3.03. The quantitative estimate of drug-likeness (QED) is 0.168. The van der Waals surface area contributed by atoms with E-state index in [-0.39, 0.29) is 20.1 Å². The molecular weight excluding hydrogens is 665 g/mol. The van der Waals surface area contributed by atoms with Crippen LogP contribution in [0.15, 0.2) is 140 Å². The van der Waals surface area contributed by atoms with E-state index in [1.54, 1.807) is 0 Å². The maximum Gasteiger partial charge on any atom is 0.0190 e. The van der Waals surface area contributed by atoms with Crippen LogP contribution in [0.4, 0.5) is 0 Å². The van der Waals surface area contributed by atoms with Gasteiger partial charge in [0.05, 0.1) is 0 Å². The van der Waals surface area contributed by atoms with Gasteiger partial charge in [-0.3, -0.25) is 0 Å². The minimum absolute atomic E-state index is 0. The molecule has 0 amide bonds.